The molecule has 0 N–H and O–H groups in total. The Hall–Kier alpha value is -2.37. The highest BCUT2D eigenvalue weighted by molar-refractivity contribution is 5.71. The van der Waals surface area contributed by atoms with E-state index in [4.69, 9.17) is 14.2 Å². The molecule has 0 bridgehead atoms. The Kier molecular flexibility index (Phi) is 47.3. The summed E-state index contributed by atoms with van der Waals surface area (Å²) in [7, 11) is 0. The van der Waals surface area contributed by atoms with Crippen LogP contribution in [0.3, 0.4) is 0 Å². The molecule has 0 amide bonds. The van der Waals surface area contributed by atoms with Crippen LogP contribution in [-0.4, -0.2) is 37.2 Å². The molecule has 6 nitrogen and oxygen atoms in total. The summed E-state index contributed by atoms with van der Waals surface area (Å²) in [5.74, 6) is -0.920. The SMILES string of the molecule is CCCC/C=C\C=C/CCCCCC(=O)OCC(COC(=O)CCCCCCCCCCCCCCCCCCCC)OC(=O)CCCCC/C=C\CCCCCCCC. The Balaban J connectivity index is 4.33. The first-order valence-electron chi connectivity index (χ1n) is 26.0. The normalized spacial score (nSPS) is 12.2. The average molecular weight is 843 g/mol. The van der Waals surface area contributed by atoms with Crippen molar-refractivity contribution in [3.8, 4) is 0 Å². The van der Waals surface area contributed by atoms with E-state index in [9.17, 15) is 14.4 Å². The molecule has 0 spiro atoms. The van der Waals surface area contributed by atoms with Crippen LogP contribution in [0.5, 0.6) is 0 Å². The minimum atomic E-state index is -0.786. The van der Waals surface area contributed by atoms with E-state index in [1.54, 1.807) is 0 Å². The van der Waals surface area contributed by atoms with Gasteiger partial charge in [-0.05, 0) is 64.2 Å². The molecule has 0 aliphatic heterocycles. The average Bonchev–Trinajstić information content (AvgIpc) is 3.24. The molecule has 0 radical (unpaired) electrons. The second-order valence-corrected chi connectivity index (χ2v) is 17.5. The van der Waals surface area contributed by atoms with E-state index in [-0.39, 0.29) is 31.1 Å². The van der Waals surface area contributed by atoms with Gasteiger partial charge in [-0.2, -0.15) is 0 Å². The fourth-order valence-corrected chi connectivity index (χ4v) is 7.41. The molecule has 0 aromatic carbocycles. The molecule has 0 aromatic rings. The standard InChI is InChI=1S/C54H98O6/c1-4-7-10-13-16-19-22-24-25-26-27-28-30-32-35-38-41-44-47-53(56)59-50-51(49-58-52(55)46-43-40-37-34-31-21-18-15-12-9-6-3)60-54(57)48-45-42-39-36-33-29-23-20-17-14-11-8-5-2/h15,18,21,29,31,33,51H,4-14,16-17,19-20,22-28,30,32,34-50H2,1-3H3/b18-15-,31-21-,33-29-. The van der Waals surface area contributed by atoms with Crippen LogP contribution in [0.25, 0.3) is 0 Å². The molecule has 60 heavy (non-hydrogen) atoms. The molecule has 0 saturated heterocycles. The lowest BCUT2D eigenvalue weighted by Gasteiger charge is -2.18. The van der Waals surface area contributed by atoms with Gasteiger partial charge in [-0.3, -0.25) is 14.4 Å². The smallest absolute Gasteiger partial charge is 0.306 e. The lowest BCUT2D eigenvalue weighted by atomic mass is 10.0. The third-order valence-electron chi connectivity index (χ3n) is 11.4. The Morgan fingerprint density at radius 1 is 0.333 bits per heavy atom. The molecular weight excluding hydrogens is 745 g/mol. The summed E-state index contributed by atoms with van der Waals surface area (Å²) in [6.07, 6.45) is 57.1. The van der Waals surface area contributed by atoms with Crippen LogP contribution in [0.2, 0.25) is 0 Å². The number of esters is 3. The van der Waals surface area contributed by atoms with Crippen molar-refractivity contribution < 1.29 is 28.6 Å². The van der Waals surface area contributed by atoms with Crippen molar-refractivity contribution in [2.24, 2.45) is 0 Å². The van der Waals surface area contributed by atoms with Crippen molar-refractivity contribution in [3.05, 3.63) is 36.5 Å². The van der Waals surface area contributed by atoms with Crippen LogP contribution in [0.15, 0.2) is 36.5 Å². The zero-order valence-corrected chi connectivity index (χ0v) is 40.0. The van der Waals surface area contributed by atoms with Gasteiger partial charge in [-0.25, -0.2) is 0 Å². The van der Waals surface area contributed by atoms with Gasteiger partial charge in [-0.1, -0.05) is 224 Å². The Morgan fingerprint density at radius 3 is 1.00 bits per heavy atom. The molecule has 1 atom stereocenters. The van der Waals surface area contributed by atoms with Gasteiger partial charge in [-0.15, -0.1) is 0 Å². The van der Waals surface area contributed by atoms with E-state index in [1.165, 1.54) is 148 Å². The number of carbonyl (C=O) groups excluding carboxylic acids is 3. The quantitative estimate of drug-likeness (QED) is 0.0200. The fraction of sp³-hybridized carbons (Fsp3) is 0.833. The molecule has 0 aromatic heterocycles. The van der Waals surface area contributed by atoms with Crippen LogP contribution in [0.4, 0.5) is 0 Å². The molecule has 0 aliphatic rings. The van der Waals surface area contributed by atoms with Crippen molar-refractivity contribution >= 4 is 17.9 Å². The van der Waals surface area contributed by atoms with Crippen LogP contribution in [0.1, 0.15) is 271 Å². The highest BCUT2D eigenvalue weighted by Gasteiger charge is 2.19. The first-order chi connectivity index (χ1) is 29.5. The molecule has 0 fully saturated rings. The number of hydrogen-bond acceptors (Lipinski definition) is 6. The number of rotatable bonds is 47. The summed E-state index contributed by atoms with van der Waals surface area (Å²) in [5, 5.41) is 0. The Morgan fingerprint density at radius 2 is 0.617 bits per heavy atom. The van der Waals surface area contributed by atoms with Crippen LogP contribution in [-0.2, 0) is 28.6 Å². The summed E-state index contributed by atoms with van der Waals surface area (Å²) >= 11 is 0. The van der Waals surface area contributed by atoms with Crippen molar-refractivity contribution in [2.75, 3.05) is 13.2 Å². The number of hydrogen-bond donors (Lipinski definition) is 0. The van der Waals surface area contributed by atoms with E-state index >= 15 is 0 Å². The lowest BCUT2D eigenvalue weighted by molar-refractivity contribution is -0.167. The van der Waals surface area contributed by atoms with E-state index in [1.807, 2.05) is 0 Å². The van der Waals surface area contributed by atoms with Gasteiger partial charge in [0.25, 0.3) is 0 Å². The lowest BCUT2D eigenvalue weighted by Crippen LogP contribution is -2.30. The van der Waals surface area contributed by atoms with Gasteiger partial charge in [0, 0.05) is 19.3 Å². The molecule has 6 heteroatoms. The van der Waals surface area contributed by atoms with Gasteiger partial charge in [0.15, 0.2) is 6.10 Å². The summed E-state index contributed by atoms with van der Waals surface area (Å²) in [4.78, 5) is 37.9. The molecule has 0 aliphatic carbocycles. The maximum Gasteiger partial charge on any atom is 0.306 e. The van der Waals surface area contributed by atoms with Gasteiger partial charge < -0.3 is 14.2 Å². The largest absolute Gasteiger partial charge is 0.462 e. The predicted octanol–water partition coefficient (Wildman–Crippen LogP) is 16.9. The highest BCUT2D eigenvalue weighted by atomic mass is 16.6. The van der Waals surface area contributed by atoms with Crippen LogP contribution >= 0.6 is 0 Å². The van der Waals surface area contributed by atoms with Crippen LogP contribution < -0.4 is 0 Å². The zero-order chi connectivity index (χ0) is 43.7. The van der Waals surface area contributed by atoms with E-state index in [0.717, 1.165) is 83.5 Å². The van der Waals surface area contributed by atoms with E-state index < -0.39 is 6.10 Å². The maximum atomic E-state index is 12.8. The third-order valence-corrected chi connectivity index (χ3v) is 11.4. The second-order valence-electron chi connectivity index (χ2n) is 17.5. The molecule has 0 rings (SSSR count). The number of carbonyl (C=O) groups is 3. The molecule has 0 saturated carbocycles. The number of allylic oxidation sites excluding steroid dienone is 6. The summed E-state index contributed by atoms with van der Waals surface area (Å²) in [5.41, 5.74) is 0. The van der Waals surface area contributed by atoms with Crippen LogP contribution in [0, 0.1) is 0 Å². The van der Waals surface area contributed by atoms with Gasteiger partial charge in [0.1, 0.15) is 13.2 Å². The predicted molar refractivity (Wildman–Crippen MR) is 256 cm³/mol. The first kappa shape index (κ1) is 57.6. The minimum Gasteiger partial charge on any atom is -0.462 e. The molecular formula is C54H98O6. The highest BCUT2D eigenvalue weighted by Crippen LogP contribution is 2.16. The van der Waals surface area contributed by atoms with Crippen molar-refractivity contribution in [1.82, 2.24) is 0 Å². The topological polar surface area (TPSA) is 78.9 Å². The molecule has 0 heterocycles. The van der Waals surface area contributed by atoms with E-state index in [0.29, 0.717) is 19.3 Å². The monoisotopic (exact) mass is 843 g/mol. The first-order valence-corrected chi connectivity index (χ1v) is 26.0. The summed E-state index contributed by atoms with van der Waals surface area (Å²) < 4.78 is 16.7. The zero-order valence-electron chi connectivity index (χ0n) is 40.0. The molecule has 1 unspecified atom stereocenters. The van der Waals surface area contributed by atoms with E-state index in [2.05, 4.69) is 57.2 Å². The summed E-state index contributed by atoms with van der Waals surface area (Å²) in [6.45, 7) is 6.56. The van der Waals surface area contributed by atoms with Gasteiger partial charge in [0.05, 0.1) is 0 Å². The fourth-order valence-electron chi connectivity index (χ4n) is 7.41. The second kappa shape index (κ2) is 49.3. The Bertz CT molecular complexity index is 1020. The molecule has 350 valence electrons. The van der Waals surface area contributed by atoms with Crippen molar-refractivity contribution in [2.45, 2.75) is 277 Å². The van der Waals surface area contributed by atoms with Gasteiger partial charge >= 0.3 is 17.9 Å². The third kappa shape index (κ3) is 46.7. The van der Waals surface area contributed by atoms with Gasteiger partial charge in [0.2, 0.25) is 0 Å². The number of ether oxygens (including phenoxy) is 3. The maximum absolute atomic E-state index is 12.8. The Labute approximate surface area is 372 Å². The van der Waals surface area contributed by atoms with Crippen molar-refractivity contribution in [3.63, 3.8) is 0 Å². The summed E-state index contributed by atoms with van der Waals surface area (Å²) in [6, 6.07) is 0. The number of unbranched alkanes of at least 4 members (excludes halogenated alkanes) is 31. The minimum absolute atomic E-state index is 0.0838. The van der Waals surface area contributed by atoms with Crippen molar-refractivity contribution in [1.29, 1.82) is 0 Å².